The van der Waals surface area contributed by atoms with Crippen LogP contribution in [-0.2, 0) is 20.9 Å². The van der Waals surface area contributed by atoms with Gasteiger partial charge in [0.2, 0.25) is 0 Å². The van der Waals surface area contributed by atoms with Crippen molar-refractivity contribution in [3.8, 4) is 0 Å². The van der Waals surface area contributed by atoms with Crippen LogP contribution in [0.1, 0.15) is 33.1 Å². The minimum absolute atomic E-state index is 0.0987. The first-order valence-corrected chi connectivity index (χ1v) is 10.7. The summed E-state index contributed by atoms with van der Waals surface area (Å²) < 4.78 is 7.50. The molecular weight excluding hydrogens is 462 g/mol. The maximum absolute atomic E-state index is 12.7. The molecule has 1 aliphatic heterocycles. The summed E-state index contributed by atoms with van der Waals surface area (Å²) >= 11 is 9.40. The third-order valence-corrected chi connectivity index (χ3v) is 6.12. The van der Waals surface area contributed by atoms with Gasteiger partial charge in [-0.05, 0) is 47.4 Å². The summed E-state index contributed by atoms with van der Waals surface area (Å²) in [4.78, 5) is 41.6. The third kappa shape index (κ3) is 5.24. The number of carbonyl (C=O) groups excluding carboxylic acids is 2. The number of benzene rings is 1. The summed E-state index contributed by atoms with van der Waals surface area (Å²) in [6, 6.07) is 2.96. The molecule has 1 aromatic heterocycles. The number of nitrogens with one attached hydrogen (secondary N) is 1. The molecule has 9 heteroatoms. The van der Waals surface area contributed by atoms with Gasteiger partial charge >= 0.3 is 5.97 Å². The summed E-state index contributed by atoms with van der Waals surface area (Å²) in [6.45, 7) is 4.22. The van der Waals surface area contributed by atoms with E-state index in [-0.39, 0.29) is 48.3 Å². The van der Waals surface area contributed by atoms with Crippen LogP contribution >= 0.6 is 27.5 Å². The van der Waals surface area contributed by atoms with Gasteiger partial charge in [0, 0.05) is 10.9 Å². The van der Waals surface area contributed by atoms with Crippen LogP contribution in [0.4, 0.5) is 0 Å². The highest BCUT2D eigenvalue weighted by Gasteiger charge is 2.30. The standard InChI is InChI=1S/C20H23BrClN3O4/c1-11(2)20(28)29-18-4-3-5-23-17(18)6-12(26)9-25-10-24-16-8-14(21)15(22)7-13(16)19(25)27/h7-8,10-11,17-18,23H,3-6,9H2,1-2H3/t17-,18+/m0/s1. The van der Waals surface area contributed by atoms with Crippen LogP contribution in [0.3, 0.4) is 0 Å². The van der Waals surface area contributed by atoms with Crippen LogP contribution in [-0.4, -0.2) is 40.0 Å². The molecule has 7 nitrogen and oxygen atoms in total. The van der Waals surface area contributed by atoms with Gasteiger partial charge in [-0.2, -0.15) is 0 Å². The van der Waals surface area contributed by atoms with Crippen LogP contribution in [0.25, 0.3) is 10.9 Å². The maximum Gasteiger partial charge on any atom is 0.308 e. The summed E-state index contributed by atoms with van der Waals surface area (Å²) in [5.41, 5.74) is 0.182. The van der Waals surface area contributed by atoms with Crippen molar-refractivity contribution in [2.75, 3.05) is 6.54 Å². The molecule has 29 heavy (non-hydrogen) atoms. The average Bonchev–Trinajstić information content (AvgIpc) is 2.67. The van der Waals surface area contributed by atoms with E-state index < -0.39 is 0 Å². The summed E-state index contributed by atoms with van der Waals surface area (Å²) in [5.74, 6) is -0.627. The molecule has 0 saturated carbocycles. The minimum Gasteiger partial charge on any atom is -0.460 e. The van der Waals surface area contributed by atoms with Crippen molar-refractivity contribution >= 4 is 50.2 Å². The number of ether oxygens (including phenoxy) is 1. The highest BCUT2D eigenvalue weighted by molar-refractivity contribution is 9.10. The van der Waals surface area contributed by atoms with Crippen LogP contribution in [0, 0.1) is 5.92 Å². The lowest BCUT2D eigenvalue weighted by Crippen LogP contribution is -2.48. The second-order valence-electron chi connectivity index (χ2n) is 7.54. The minimum atomic E-state index is -0.342. The fourth-order valence-electron chi connectivity index (χ4n) is 3.32. The number of aromatic nitrogens is 2. The normalized spacial score (nSPS) is 19.5. The van der Waals surface area contributed by atoms with Gasteiger partial charge in [-0.3, -0.25) is 19.0 Å². The molecule has 2 aromatic rings. The van der Waals surface area contributed by atoms with Gasteiger partial charge in [0.25, 0.3) is 5.56 Å². The zero-order valence-corrected chi connectivity index (χ0v) is 18.6. The van der Waals surface area contributed by atoms with Gasteiger partial charge in [0.15, 0.2) is 5.78 Å². The number of ketones is 1. The first-order chi connectivity index (χ1) is 13.8. The van der Waals surface area contributed by atoms with E-state index in [1.807, 2.05) is 0 Å². The topological polar surface area (TPSA) is 90.3 Å². The van der Waals surface area contributed by atoms with Crippen molar-refractivity contribution in [1.82, 2.24) is 14.9 Å². The Hall–Kier alpha value is -1.77. The van der Waals surface area contributed by atoms with Crippen LogP contribution in [0.5, 0.6) is 0 Å². The smallest absolute Gasteiger partial charge is 0.308 e. The lowest BCUT2D eigenvalue weighted by Gasteiger charge is -2.32. The second kappa shape index (κ2) is 9.36. The molecule has 1 fully saturated rings. The summed E-state index contributed by atoms with van der Waals surface area (Å²) in [6.07, 6.45) is 2.79. The molecular formula is C20H23BrClN3O4. The number of piperidine rings is 1. The van der Waals surface area contributed by atoms with Gasteiger partial charge in [-0.15, -0.1) is 0 Å². The first-order valence-electron chi connectivity index (χ1n) is 9.56. The quantitative estimate of drug-likeness (QED) is 0.634. The zero-order chi connectivity index (χ0) is 21.1. The molecule has 1 N–H and O–H groups in total. The third-order valence-electron chi connectivity index (χ3n) is 4.92. The Morgan fingerprint density at radius 1 is 1.41 bits per heavy atom. The zero-order valence-electron chi connectivity index (χ0n) is 16.3. The van der Waals surface area contributed by atoms with E-state index in [9.17, 15) is 14.4 Å². The van der Waals surface area contributed by atoms with Crippen molar-refractivity contribution in [2.24, 2.45) is 5.92 Å². The lowest BCUT2D eigenvalue weighted by molar-refractivity contribution is -0.156. The Morgan fingerprint density at radius 3 is 2.90 bits per heavy atom. The highest BCUT2D eigenvalue weighted by atomic mass is 79.9. The number of hydrogen-bond donors (Lipinski definition) is 1. The Kier molecular flexibility index (Phi) is 7.08. The number of esters is 1. The number of halogens is 2. The molecule has 0 aliphatic carbocycles. The Balaban J connectivity index is 1.72. The predicted octanol–water partition coefficient (Wildman–Crippen LogP) is 3.09. The van der Waals surface area contributed by atoms with E-state index in [4.69, 9.17) is 16.3 Å². The molecule has 1 aliphatic rings. The van der Waals surface area contributed by atoms with Crippen molar-refractivity contribution in [2.45, 2.75) is 51.8 Å². The number of rotatable bonds is 6. The van der Waals surface area contributed by atoms with Gasteiger partial charge in [0.1, 0.15) is 6.10 Å². The van der Waals surface area contributed by atoms with E-state index >= 15 is 0 Å². The molecule has 0 radical (unpaired) electrons. The molecule has 1 saturated heterocycles. The lowest BCUT2D eigenvalue weighted by atomic mass is 9.96. The van der Waals surface area contributed by atoms with Crippen molar-refractivity contribution in [1.29, 1.82) is 0 Å². The highest BCUT2D eigenvalue weighted by Crippen LogP contribution is 2.25. The van der Waals surface area contributed by atoms with E-state index in [0.29, 0.717) is 26.8 Å². The number of nitrogens with zero attached hydrogens (tertiary/aromatic N) is 2. The SMILES string of the molecule is CC(C)C(=O)O[C@@H]1CCCN[C@H]1CC(=O)Cn1cnc2cc(Br)c(Cl)cc2c1=O. The number of fused-ring (bicyclic) bond motifs is 1. The average molecular weight is 485 g/mol. The molecule has 0 unspecified atom stereocenters. The first kappa shape index (κ1) is 21.9. The number of carbonyl (C=O) groups is 2. The number of hydrogen-bond acceptors (Lipinski definition) is 6. The van der Waals surface area contributed by atoms with Gasteiger partial charge < -0.3 is 10.1 Å². The molecule has 1 aromatic carbocycles. The fraction of sp³-hybridized carbons (Fsp3) is 0.500. The van der Waals surface area contributed by atoms with E-state index in [1.54, 1.807) is 26.0 Å². The molecule has 0 spiro atoms. The van der Waals surface area contributed by atoms with Gasteiger partial charge in [0.05, 0.1) is 40.8 Å². The Labute approximate surface area is 181 Å². The fourth-order valence-corrected chi connectivity index (χ4v) is 3.81. The van der Waals surface area contributed by atoms with E-state index in [1.165, 1.54) is 10.9 Å². The van der Waals surface area contributed by atoms with Crippen LogP contribution in [0.2, 0.25) is 5.02 Å². The number of Topliss-reactive ketones (excluding diaryl/α,β-unsaturated/α-hetero) is 1. The molecule has 0 bridgehead atoms. The van der Waals surface area contributed by atoms with Gasteiger partial charge in [-0.25, -0.2) is 4.98 Å². The molecule has 0 amide bonds. The largest absolute Gasteiger partial charge is 0.460 e. The van der Waals surface area contributed by atoms with Crippen LogP contribution in [0.15, 0.2) is 27.7 Å². The van der Waals surface area contributed by atoms with E-state index in [0.717, 1.165) is 13.0 Å². The monoisotopic (exact) mass is 483 g/mol. The van der Waals surface area contributed by atoms with Crippen LogP contribution < -0.4 is 10.9 Å². The van der Waals surface area contributed by atoms with Crippen molar-refractivity contribution in [3.63, 3.8) is 0 Å². The Morgan fingerprint density at radius 2 is 2.17 bits per heavy atom. The molecule has 2 heterocycles. The second-order valence-corrected chi connectivity index (χ2v) is 8.80. The van der Waals surface area contributed by atoms with Crippen molar-refractivity contribution in [3.05, 3.63) is 38.3 Å². The molecule has 2 atom stereocenters. The van der Waals surface area contributed by atoms with Gasteiger partial charge in [-0.1, -0.05) is 25.4 Å². The molecule has 3 rings (SSSR count). The summed E-state index contributed by atoms with van der Waals surface area (Å²) in [7, 11) is 0. The predicted molar refractivity (Wildman–Crippen MR) is 114 cm³/mol. The summed E-state index contributed by atoms with van der Waals surface area (Å²) in [5, 5.41) is 4.02. The van der Waals surface area contributed by atoms with Crippen molar-refractivity contribution < 1.29 is 14.3 Å². The van der Waals surface area contributed by atoms with E-state index in [2.05, 4.69) is 26.2 Å². The maximum atomic E-state index is 12.7. The Bertz CT molecular complexity index is 992. The molecule has 156 valence electrons.